The van der Waals surface area contributed by atoms with Crippen molar-refractivity contribution in [1.82, 2.24) is 16.0 Å². The Morgan fingerprint density at radius 1 is 0.667 bits per heavy atom. The number of aryl methyl sites for hydroxylation is 2. The molecule has 0 spiro atoms. The summed E-state index contributed by atoms with van der Waals surface area (Å²) in [7, 11) is 0. The van der Waals surface area contributed by atoms with E-state index in [0.717, 1.165) is 27.8 Å². The van der Waals surface area contributed by atoms with Crippen molar-refractivity contribution in [2.75, 3.05) is 0 Å². The van der Waals surface area contributed by atoms with Gasteiger partial charge in [0.1, 0.15) is 11.7 Å². The van der Waals surface area contributed by atoms with Gasteiger partial charge >= 0.3 is 0 Å². The van der Waals surface area contributed by atoms with Crippen LogP contribution >= 0.6 is 0 Å². The molecular weight excluding hydrogens is 604 g/mol. The highest BCUT2D eigenvalue weighted by atomic mass is 16.2. The quantitative estimate of drug-likeness (QED) is 0.0895. The van der Waals surface area contributed by atoms with Crippen LogP contribution in [0.1, 0.15) is 53.4 Å². The van der Waals surface area contributed by atoms with E-state index in [1.807, 2.05) is 123 Å². The zero-order valence-electron chi connectivity index (χ0n) is 28.1. The number of nitrogens with one attached hydrogen (secondary N) is 3. The van der Waals surface area contributed by atoms with Gasteiger partial charge in [-0.3, -0.25) is 24.5 Å². The minimum Gasteiger partial charge on any atom is -0.368 e. The summed E-state index contributed by atoms with van der Waals surface area (Å²) in [6, 6.07) is 35.0. The number of hydrogen-bond acceptors (Lipinski definition) is 6. The average Bonchev–Trinajstić information content (AvgIpc) is 3.07. The Morgan fingerprint density at radius 2 is 1.15 bits per heavy atom. The predicted octanol–water partition coefficient (Wildman–Crippen LogP) is 3.49. The van der Waals surface area contributed by atoms with Gasteiger partial charge in [-0.25, -0.2) is 0 Å². The number of carbonyl (C=O) groups is 4. The van der Waals surface area contributed by atoms with Crippen molar-refractivity contribution in [3.63, 3.8) is 0 Å². The van der Waals surface area contributed by atoms with Gasteiger partial charge in [0.2, 0.25) is 24.6 Å². The molecule has 10 nitrogen and oxygen atoms in total. The van der Waals surface area contributed by atoms with E-state index in [0.29, 0.717) is 32.2 Å². The maximum Gasteiger partial charge on any atom is 0.237 e. The lowest BCUT2D eigenvalue weighted by molar-refractivity contribution is -0.125. The first-order valence-corrected chi connectivity index (χ1v) is 15.5. The standard InChI is InChI=1S/C19H23N3O2.C11H16N2O.C8H9NO/c1-14-8-10-15(11-9-14)12-19(2,18(20)24)22-17(21-13-23)16-6-4-3-5-7-16;1-8-3-5-9(6-4-8)7-11(2,13)10(12)14;10-7-9-6-8-4-2-1-3-5-8/h3-11,13,17,22H,12H2,1-2H3,(H2,20,24)(H,21,23);3-6H,7,13H2,1-2H3,(H2,12,14);1-5,7H,6H2,(H,9,10)/t17-,19+;11-;/m10./s1. The summed E-state index contributed by atoms with van der Waals surface area (Å²) in [4.78, 5) is 43.9. The van der Waals surface area contributed by atoms with Crippen LogP contribution in [0.3, 0.4) is 0 Å². The molecule has 3 atom stereocenters. The fourth-order valence-electron chi connectivity index (χ4n) is 4.55. The molecule has 4 amide bonds. The minimum absolute atomic E-state index is 0.423. The molecule has 4 aromatic carbocycles. The third-order valence-electron chi connectivity index (χ3n) is 7.54. The molecule has 0 aliphatic rings. The molecular formula is C38H48N6O4. The van der Waals surface area contributed by atoms with Gasteiger partial charge in [0.05, 0.1) is 5.54 Å². The number of primary amides is 2. The molecule has 48 heavy (non-hydrogen) atoms. The van der Waals surface area contributed by atoms with E-state index in [2.05, 4.69) is 16.0 Å². The lowest BCUT2D eigenvalue weighted by Crippen LogP contribution is -2.58. The molecule has 10 heteroatoms. The van der Waals surface area contributed by atoms with Crippen LogP contribution < -0.4 is 33.2 Å². The number of amides is 4. The smallest absolute Gasteiger partial charge is 0.237 e. The second-order valence-corrected chi connectivity index (χ2v) is 12.1. The fraction of sp³-hybridized carbons (Fsp3) is 0.263. The first kappa shape index (κ1) is 38.9. The molecule has 9 N–H and O–H groups in total. The molecule has 0 unspecified atom stereocenters. The fourth-order valence-corrected chi connectivity index (χ4v) is 4.55. The second kappa shape index (κ2) is 19.4. The van der Waals surface area contributed by atoms with Gasteiger partial charge in [0.25, 0.3) is 0 Å². The van der Waals surface area contributed by atoms with Gasteiger partial charge in [-0.1, -0.05) is 120 Å². The molecule has 0 bridgehead atoms. The van der Waals surface area contributed by atoms with Gasteiger partial charge in [-0.15, -0.1) is 0 Å². The summed E-state index contributed by atoms with van der Waals surface area (Å²) < 4.78 is 0. The van der Waals surface area contributed by atoms with Crippen LogP contribution in [0, 0.1) is 13.8 Å². The lowest BCUT2D eigenvalue weighted by atomic mass is 9.90. The molecule has 254 valence electrons. The number of hydrogen-bond donors (Lipinski definition) is 6. The van der Waals surface area contributed by atoms with Crippen molar-refractivity contribution in [1.29, 1.82) is 0 Å². The maximum absolute atomic E-state index is 12.1. The normalized spacial score (nSPS) is 13.4. The molecule has 0 fully saturated rings. The minimum atomic E-state index is -1.01. The van der Waals surface area contributed by atoms with Crippen molar-refractivity contribution in [3.8, 4) is 0 Å². The summed E-state index contributed by atoms with van der Waals surface area (Å²) >= 11 is 0. The van der Waals surface area contributed by atoms with E-state index in [1.54, 1.807) is 13.8 Å². The van der Waals surface area contributed by atoms with Gasteiger partial charge in [-0.2, -0.15) is 0 Å². The van der Waals surface area contributed by atoms with Crippen LogP contribution in [0.5, 0.6) is 0 Å². The van der Waals surface area contributed by atoms with E-state index in [4.69, 9.17) is 17.2 Å². The molecule has 0 heterocycles. The summed E-state index contributed by atoms with van der Waals surface area (Å²) in [5.41, 5.74) is 20.9. The van der Waals surface area contributed by atoms with Crippen molar-refractivity contribution in [3.05, 3.63) is 143 Å². The molecule has 0 aromatic heterocycles. The van der Waals surface area contributed by atoms with Crippen LogP contribution in [0.25, 0.3) is 0 Å². The van der Waals surface area contributed by atoms with Crippen molar-refractivity contribution in [2.45, 2.75) is 64.3 Å². The number of benzene rings is 4. The highest BCUT2D eigenvalue weighted by Gasteiger charge is 2.34. The Kier molecular flexibility index (Phi) is 15.7. The predicted molar refractivity (Wildman–Crippen MR) is 190 cm³/mol. The Labute approximate surface area is 283 Å². The van der Waals surface area contributed by atoms with E-state index >= 15 is 0 Å². The van der Waals surface area contributed by atoms with Gasteiger partial charge < -0.3 is 27.8 Å². The van der Waals surface area contributed by atoms with Crippen molar-refractivity contribution in [2.24, 2.45) is 17.2 Å². The number of carbonyl (C=O) groups excluding carboxylic acids is 4. The third kappa shape index (κ3) is 13.6. The van der Waals surface area contributed by atoms with Gasteiger partial charge in [-0.05, 0) is 62.8 Å². The highest BCUT2D eigenvalue weighted by molar-refractivity contribution is 5.85. The van der Waals surface area contributed by atoms with E-state index < -0.39 is 29.1 Å². The third-order valence-corrected chi connectivity index (χ3v) is 7.54. The van der Waals surface area contributed by atoms with E-state index in [-0.39, 0.29) is 0 Å². The van der Waals surface area contributed by atoms with Crippen LogP contribution in [-0.4, -0.2) is 35.7 Å². The second-order valence-electron chi connectivity index (χ2n) is 12.1. The Morgan fingerprint density at radius 3 is 1.58 bits per heavy atom. The first-order chi connectivity index (χ1) is 22.8. The first-order valence-electron chi connectivity index (χ1n) is 15.5. The largest absolute Gasteiger partial charge is 0.368 e. The molecule has 0 aliphatic carbocycles. The van der Waals surface area contributed by atoms with Crippen LogP contribution in [0.15, 0.2) is 109 Å². The summed E-state index contributed by atoms with van der Waals surface area (Å²) in [6.45, 7) is 8.03. The molecule has 0 radical (unpaired) electrons. The Bertz CT molecular complexity index is 1560. The SMILES string of the molecule is Cc1ccc(C[C@](C)(N)C(N)=O)cc1.Cc1ccc(C[C@](C)(N[C@@H](NC=O)c2ccccc2)C(N)=O)cc1.O=CNCc1ccccc1. The van der Waals surface area contributed by atoms with Crippen molar-refractivity contribution >= 4 is 24.6 Å². The molecule has 4 rings (SSSR count). The van der Waals surface area contributed by atoms with Crippen molar-refractivity contribution < 1.29 is 19.2 Å². The zero-order valence-corrected chi connectivity index (χ0v) is 28.1. The maximum atomic E-state index is 12.1. The van der Waals surface area contributed by atoms with E-state index in [9.17, 15) is 19.2 Å². The molecule has 4 aromatic rings. The Balaban J connectivity index is 0.000000280. The Hall–Kier alpha value is -5.32. The molecule has 0 aliphatic heterocycles. The summed E-state index contributed by atoms with van der Waals surface area (Å²) in [5.74, 6) is -0.949. The summed E-state index contributed by atoms with van der Waals surface area (Å²) in [5, 5.41) is 8.48. The van der Waals surface area contributed by atoms with E-state index in [1.165, 1.54) is 5.56 Å². The molecule has 0 saturated heterocycles. The monoisotopic (exact) mass is 652 g/mol. The van der Waals surface area contributed by atoms with Gasteiger partial charge in [0, 0.05) is 6.54 Å². The lowest BCUT2D eigenvalue weighted by Gasteiger charge is -2.32. The van der Waals surface area contributed by atoms with Gasteiger partial charge in [0.15, 0.2) is 0 Å². The van der Waals surface area contributed by atoms with Crippen LogP contribution in [-0.2, 0) is 38.6 Å². The number of rotatable bonds is 14. The summed E-state index contributed by atoms with van der Waals surface area (Å²) in [6.07, 6.45) is 1.70. The average molecular weight is 653 g/mol. The van der Waals surface area contributed by atoms with Crippen LogP contribution in [0.4, 0.5) is 0 Å². The number of nitrogens with two attached hydrogens (primary N) is 3. The zero-order chi connectivity index (χ0) is 35.6. The molecule has 0 saturated carbocycles. The van der Waals surface area contributed by atoms with Crippen LogP contribution in [0.2, 0.25) is 0 Å². The highest BCUT2D eigenvalue weighted by Crippen LogP contribution is 2.19. The topological polar surface area (TPSA) is 182 Å².